The highest BCUT2D eigenvalue weighted by atomic mass is 14.9. The summed E-state index contributed by atoms with van der Waals surface area (Å²) in [4.78, 5) is 0. The Morgan fingerprint density at radius 1 is 0.905 bits per heavy atom. The van der Waals surface area contributed by atoms with Gasteiger partial charge in [-0.1, -0.05) is 78.9 Å². The molecule has 0 bridgehead atoms. The van der Waals surface area contributed by atoms with Crippen molar-refractivity contribution in [3.8, 4) is 0 Å². The van der Waals surface area contributed by atoms with Crippen LogP contribution < -0.4 is 5.32 Å². The van der Waals surface area contributed by atoms with E-state index in [2.05, 4.69) is 90.8 Å². The Kier molecular flexibility index (Phi) is 4.03. The molecule has 0 radical (unpaired) electrons. The number of hydrogen-bond acceptors (Lipinski definition) is 1. The van der Waals surface area contributed by atoms with Crippen LogP contribution in [0.15, 0.2) is 85.5 Å². The molecule has 1 nitrogen and oxygen atoms in total. The quantitative estimate of drug-likeness (QED) is 0.829. The number of hydrogen-bond donors (Lipinski definition) is 1. The smallest absolute Gasteiger partial charge is 0.0535 e. The van der Waals surface area contributed by atoms with Crippen molar-refractivity contribution in [2.24, 2.45) is 0 Å². The molecule has 2 aromatic carbocycles. The van der Waals surface area contributed by atoms with Crippen molar-refractivity contribution < 1.29 is 0 Å². The first-order valence-electron chi connectivity index (χ1n) is 7.51. The van der Waals surface area contributed by atoms with E-state index in [1.165, 1.54) is 11.1 Å². The van der Waals surface area contributed by atoms with Crippen LogP contribution in [0.2, 0.25) is 0 Å². The summed E-state index contributed by atoms with van der Waals surface area (Å²) >= 11 is 0. The minimum absolute atomic E-state index is 0.201. The minimum atomic E-state index is -0.201. The predicted octanol–water partition coefficient (Wildman–Crippen LogP) is 4.08. The maximum absolute atomic E-state index is 4.20. The highest BCUT2D eigenvalue weighted by molar-refractivity contribution is 5.46. The summed E-state index contributed by atoms with van der Waals surface area (Å²) < 4.78 is 0. The summed E-state index contributed by atoms with van der Waals surface area (Å²) in [6, 6.07) is 21.7. The molecule has 21 heavy (non-hydrogen) atoms. The molecule has 1 aliphatic rings. The summed E-state index contributed by atoms with van der Waals surface area (Å²) in [5, 5.41) is 3.65. The van der Waals surface area contributed by atoms with Gasteiger partial charge in [0, 0.05) is 12.6 Å². The van der Waals surface area contributed by atoms with E-state index in [0.717, 1.165) is 13.0 Å². The van der Waals surface area contributed by atoms with Crippen molar-refractivity contribution in [3.63, 3.8) is 0 Å². The van der Waals surface area contributed by atoms with Gasteiger partial charge in [0.2, 0.25) is 0 Å². The van der Waals surface area contributed by atoms with Crippen LogP contribution in [-0.2, 0) is 5.41 Å². The molecule has 0 fully saturated rings. The van der Waals surface area contributed by atoms with Crippen LogP contribution in [0.3, 0.4) is 0 Å². The Labute approximate surface area is 127 Å². The van der Waals surface area contributed by atoms with Crippen LogP contribution in [-0.4, -0.2) is 12.6 Å². The zero-order valence-corrected chi connectivity index (χ0v) is 12.2. The van der Waals surface area contributed by atoms with E-state index in [1.807, 2.05) is 0 Å². The third kappa shape index (κ3) is 2.45. The predicted molar refractivity (Wildman–Crippen MR) is 89.4 cm³/mol. The van der Waals surface area contributed by atoms with Crippen LogP contribution in [0.5, 0.6) is 0 Å². The van der Waals surface area contributed by atoms with Gasteiger partial charge >= 0.3 is 0 Å². The fourth-order valence-electron chi connectivity index (χ4n) is 3.33. The first kappa shape index (κ1) is 13.8. The summed E-state index contributed by atoms with van der Waals surface area (Å²) in [6.45, 7) is 5.11. The van der Waals surface area contributed by atoms with E-state index in [9.17, 15) is 0 Å². The second-order valence-corrected chi connectivity index (χ2v) is 5.47. The Hall–Kier alpha value is -2.12. The first-order valence-corrected chi connectivity index (χ1v) is 7.51. The topological polar surface area (TPSA) is 12.0 Å². The van der Waals surface area contributed by atoms with Gasteiger partial charge in [-0.2, -0.15) is 0 Å². The number of nitrogens with one attached hydrogen (secondary N) is 1. The third-order valence-electron chi connectivity index (χ3n) is 4.40. The SMILES string of the molecule is C=CC(c1ccccc1)(c1ccccc1)C1CC=CCN1. The molecule has 2 aromatic rings. The molecule has 1 N–H and O–H groups in total. The molecule has 0 saturated carbocycles. The molecular formula is C20H21N. The Morgan fingerprint density at radius 2 is 1.48 bits per heavy atom. The maximum atomic E-state index is 4.20. The zero-order chi connectivity index (χ0) is 14.5. The van der Waals surface area contributed by atoms with Crippen LogP contribution in [0.1, 0.15) is 17.5 Å². The summed E-state index contributed by atoms with van der Waals surface area (Å²) in [6.07, 6.45) is 7.58. The standard InChI is InChI=1S/C20H21N/c1-2-20(17-11-5-3-6-12-17,18-13-7-4-8-14-18)19-15-9-10-16-21-19/h2-14,19,21H,1,15-16H2. The molecule has 3 rings (SSSR count). The van der Waals surface area contributed by atoms with E-state index in [1.54, 1.807) is 0 Å². The molecule has 0 aliphatic carbocycles. The van der Waals surface area contributed by atoms with Crippen molar-refractivity contribution in [3.05, 3.63) is 96.6 Å². The lowest BCUT2D eigenvalue weighted by molar-refractivity contribution is 0.405. The fourth-order valence-corrected chi connectivity index (χ4v) is 3.33. The Morgan fingerprint density at radius 3 is 1.90 bits per heavy atom. The van der Waals surface area contributed by atoms with Crippen LogP contribution in [0.4, 0.5) is 0 Å². The fraction of sp³-hybridized carbons (Fsp3) is 0.200. The molecule has 0 amide bonds. The van der Waals surface area contributed by atoms with E-state index < -0.39 is 0 Å². The second kappa shape index (κ2) is 6.11. The van der Waals surface area contributed by atoms with E-state index in [4.69, 9.17) is 0 Å². The summed E-state index contributed by atoms with van der Waals surface area (Å²) in [5.74, 6) is 0. The molecule has 1 aliphatic heterocycles. The highest BCUT2D eigenvalue weighted by Crippen LogP contribution is 2.38. The third-order valence-corrected chi connectivity index (χ3v) is 4.40. The van der Waals surface area contributed by atoms with Crippen LogP contribution in [0.25, 0.3) is 0 Å². The van der Waals surface area contributed by atoms with Crippen molar-refractivity contribution in [2.45, 2.75) is 17.9 Å². The Balaban J connectivity index is 2.17. The summed E-state index contributed by atoms with van der Waals surface area (Å²) in [5.41, 5.74) is 2.38. The maximum Gasteiger partial charge on any atom is 0.0535 e. The lowest BCUT2D eigenvalue weighted by atomic mass is 9.67. The van der Waals surface area contributed by atoms with Gasteiger partial charge in [-0.05, 0) is 17.5 Å². The largest absolute Gasteiger partial charge is 0.309 e. The molecule has 1 atom stereocenters. The van der Waals surface area contributed by atoms with Crippen molar-refractivity contribution in [1.82, 2.24) is 5.32 Å². The molecule has 106 valence electrons. The van der Waals surface area contributed by atoms with Crippen molar-refractivity contribution >= 4 is 0 Å². The molecular weight excluding hydrogens is 254 g/mol. The molecule has 0 aromatic heterocycles. The monoisotopic (exact) mass is 275 g/mol. The van der Waals surface area contributed by atoms with Gasteiger partial charge in [0.05, 0.1) is 5.41 Å². The Bertz CT molecular complexity index is 573. The van der Waals surface area contributed by atoms with Gasteiger partial charge in [-0.3, -0.25) is 0 Å². The number of rotatable bonds is 4. The second-order valence-electron chi connectivity index (χ2n) is 5.47. The van der Waals surface area contributed by atoms with Crippen molar-refractivity contribution in [1.29, 1.82) is 0 Å². The van der Waals surface area contributed by atoms with Gasteiger partial charge in [-0.25, -0.2) is 0 Å². The van der Waals surface area contributed by atoms with Crippen LogP contribution >= 0.6 is 0 Å². The molecule has 1 heteroatoms. The lowest BCUT2D eigenvalue weighted by Gasteiger charge is -2.41. The lowest BCUT2D eigenvalue weighted by Crippen LogP contribution is -2.49. The molecule has 0 spiro atoms. The van der Waals surface area contributed by atoms with Crippen molar-refractivity contribution in [2.75, 3.05) is 6.54 Å². The van der Waals surface area contributed by atoms with Gasteiger partial charge in [0.1, 0.15) is 0 Å². The van der Waals surface area contributed by atoms with Gasteiger partial charge in [0.15, 0.2) is 0 Å². The van der Waals surface area contributed by atoms with Gasteiger partial charge in [0.25, 0.3) is 0 Å². The van der Waals surface area contributed by atoms with Gasteiger partial charge in [-0.15, -0.1) is 6.58 Å². The van der Waals surface area contributed by atoms with E-state index in [-0.39, 0.29) is 5.41 Å². The average Bonchev–Trinajstić information content (AvgIpc) is 2.59. The van der Waals surface area contributed by atoms with Gasteiger partial charge < -0.3 is 5.32 Å². The summed E-state index contributed by atoms with van der Waals surface area (Å²) in [7, 11) is 0. The first-order chi connectivity index (χ1) is 10.4. The minimum Gasteiger partial charge on any atom is -0.309 e. The van der Waals surface area contributed by atoms with E-state index in [0.29, 0.717) is 6.04 Å². The molecule has 0 saturated heterocycles. The zero-order valence-electron chi connectivity index (χ0n) is 12.2. The molecule has 1 heterocycles. The highest BCUT2D eigenvalue weighted by Gasteiger charge is 2.39. The normalized spacial score (nSPS) is 18.4. The van der Waals surface area contributed by atoms with Crippen LogP contribution in [0, 0.1) is 0 Å². The van der Waals surface area contributed by atoms with E-state index >= 15 is 0 Å². The number of benzene rings is 2. The molecule has 1 unspecified atom stereocenters. The average molecular weight is 275 g/mol.